The second kappa shape index (κ2) is 9.23. The molecule has 9 heteroatoms. The van der Waals surface area contributed by atoms with Gasteiger partial charge in [0, 0.05) is 23.7 Å². The molecule has 0 spiro atoms. The molecule has 1 aromatic heterocycles. The molecule has 1 heterocycles. The summed E-state index contributed by atoms with van der Waals surface area (Å²) in [5, 5.41) is 15.0. The number of anilines is 1. The molecule has 3 rings (SSSR count). The van der Waals surface area contributed by atoms with Crippen LogP contribution in [0.25, 0.3) is 10.9 Å². The van der Waals surface area contributed by atoms with E-state index in [1.54, 1.807) is 13.1 Å². The number of halogens is 2. The van der Waals surface area contributed by atoms with Gasteiger partial charge in [0.25, 0.3) is 0 Å². The van der Waals surface area contributed by atoms with E-state index in [-0.39, 0.29) is 44.6 Å². The van der Waals surface area contributed by atoms with E-state index in [9.17, 15) is 14.4 Å². The summed E-state index contributed by atoms with van der Waals surface area (Å²) in [6.07, 6.45) is 0. The third-order valence-corrected chi connectivity index (χ3v) is 11.0. The summed E-state index contributed by atoms with van der Waals surface area (Å²) in [6.45, 7) is 11.0. The lowest BCUT2D eigenvalue weighted by atomic mass is 9.94. The quantitative estimate of drug-likeness (QED) is 0.225. The number of aryl methyl sites for hydroxylation is 1. The molecule has 2 aromatic carbocycles. The number of ketones is 1. The number of carbonyl (C=O) groups is 1. The average Bonchev–Trinajstić information content (AvgIpc) is 3.05. The summed E-state index contributed by atoms with van der Waals surface area (Å²) in [5.41, 5.74) is 6.93. The van der Waals surface area contributed by atoms with Crippen LogP contribution in [0.2, 0.25) is 23.2 Å². The standard InChI is InChI=1S/C25H26ClFN4O2Si/c1-25(2,3)34(5,6)33-11-7-8-21-17-13-20(29)22(18(14-28)23(17)30-31(21)4)24(32)16-12-15(27)9-10-19(16)26/h9-10,12-13H,11,29H2,1-6H3. The van der Waals surface area contributed by atoms with Gasteiger partial charge < -0.3 is 10.2 Å². The summed E-state index contributed by atoms with van der Waals surface area (Å²) in [6, 6.07) is 7.04. The lowest BCUT2D eigenvalue weighted by molar-refractivity contribution is 0.103. The van der Waals surface area contributed by atoms with Gasteiger partial charge in [-0.25, -0.2) is 4.39 Å². The number of nitrogens with two attached hydrogens (primary N) is 1. The van der Waals surface area contributed by atoms with Crippen LogP contribution in [0.3, 0.4) is 0 Å². The Morgan fingerprint density at radius 1 is 1.32 bits per heavy atom. The smallest absolute Gasteiger partial charge is 0.198 e. The van der Waals surface area contributed by atoms with Crippen LogP contribution in [0.1, 0.15) is 48.0 Å². The highest BCUT2D eigenvalue weighted by atomic mass is 35.5. The van der Waals surface area contributed by atoms with Gasteiger partial charge >= 0.3 is 0 Å². The molecule has 0 saturated carbocycles. The molecule has 176 valence electrons. The minimum absolute atomic E-state index is 0.0125. The van der Waals surface area contributed by atoms with Crippen molar-refractivity contribution in [2.24, 2.45) is 7.05 Å². The van der Waals surface area contributed by atoms with E-state index >= 15 is 0 Å². The van der Waals surface area contributed by atoms with Crippen molar-refractivity contribution in [3.8, 4) is 17.9 Å². The maximum atomic E-state index is 13.8. The molecule has 34 heavy (non-hydrogen) atoms. The first-order valence-electron chi connectivity index (χ1n) is 10.6. The predicted octanol–water partition coefficient (Wildman–Crippen LogP) is 5.42. The highest BCUT2D eigenvalue weighted by Crippen LogP contribution is 2.36. The van der Waals surface area contributed by atoms with Crippen LogP contribution in [-0.2, 0) is 11.5 Å². The Balaban J connectivity index is 2.07. The topological polar surface area (TPSA) is 93.9 Å². The minimum Gasteiger partial charge on any atom is -0.406 e. The molecular weight excluding hydrogens is 471 g/mol. The summed E-state index contributed by atoms with van der Waals surface area (Å²) in [4.78, 5) is 13.2. The van der Waals surface area contributed by atoms with E-state index in [1.165, 1.54) is 10.7 Å². The predicted molar refractivity (Wildman–Crippen MR) is 135 cm³/mol. The van der Waals surface area contributed by atoms with Crippen molar-refractivity contribution in [1.82, 2.24) is 9.78 Å². The number of rotatable bonds is 4. The van der Waals surface area contributed by atoms with Gasteiger partial charge in [-0.1, -0.05) is 38.3 Å². The zero-order valence-electron chi connectivity index (χ0n) is 20.0. The second-order valence-corrected chi connectivity index (χ2v) is 14.7. The fourth-order valence-electron chi connectivity index (χ4n) is 3.21. The van der Waals surface area contributed by atoms with Gasteiger partial charge in [0.05, 0.1) is 22.8 Å². The third kappa shape index (κ3) is 4.71. The molecule has 0 bridgehead atoms. The minimum atomic E-state index is -1.94. The van der Waals surface area contributed by atoms with Crippen LogP contribution < -0.4 is 5.73 Å². The van der Waals surface area contributed by atoms with Crippen molar-refractivity contribution < 1.29 is 13.6 Å². The largest absolute Gasteiger partial charge is 0.406 e. The third-order valence-electron chi connectivity index (χ3n) is 6.19. The van der Waals surface area contributed by atoms with Gasteiger partial charge in [-0.2, -0.15) is 10.4 Å². The molecule has 0 aliphatic carbocycles. The number of fused-ring (bicyclic) bond motifs is 1. The van der Waals surface area contributed by atoms with Crippen LogP contribution in [0.5, 0.6) is 0 Å². The van der Waals surface area contributed by atoms with E-state index in [2.05, 4.69) is 50.8 Å². The average molecular weight is 497 g/mol. The maximum Gasteiger partial charge on any atom is 0.198 e. The van der Waals surface area contributed by atoms with Crippen LogP contribution in [-0.4, -0.2) is 30.5 Å². The number of hydrogen-bond donors (Lipinski definition) is 1. The molecule has 0 atom stereocenters. The number of carbonyl (C=O) groups excluding carboxylic acids is 1. The summed E-state index contributed by atoms with van der Waals surface area (Å²) < 4.78 is 21.4. The zero-order valence-corrected chi connectivity index (χ0v) is 21.8. The van der Waals surface area contributed by atoms with Crippen molar-refractivity contribution in [2.75, 3.05) is 12.3 Å². The first kappa shape index (κ1) is 25.4. The molecule has 0 amide bonds. The number of nitrogen functional groups attached to an aromatic ring is 1. The molecule has 0 saturated heterocycles. The molecule has 0 aliphatic heterocycles. The van der Waals surface area contributed by atoms with Gasteiger partial charge in [0.2, 0.25) is 0 Å². The van der Waals surface area contributed by atoms with Gasteiger partial charge in [0.1, 0.15) is 23.1 Å². The Morgan fingerprint density at radius 2 is 2.00 bits per heavy atom. The van der Waals surface area contributed by atoms with Crippen molar-refractivity contribution in [1.29, 1.82) is 5.26 Å². The highest BCUT2D eigenvalue weighted by Gasteiger charge is 2.36. The van der Waals surface area contributed by atoms with E-state index in [0.717, 1.165) is 12.1 Å². The fourth-order valence-corrected chi connectivity index (χ4v) is 4.28. The molecular formula is C25H26ClFN4O2Si. The van der Waals surface area contributed by atoms with Crippen LogP contribution in [0.15, 0.2) is 24.3 Å². The van der Waals surface area contributed by atoms with Crippen LogP contribution >= 0.6 is 11.6 Å². The fraction of sp³-hybridized carbons (Fsp3) is 0.320. The zero-order chi connectivity index (χ0) is 25.4. The summed E-state index contributed by atoms with van der Waals surface area (Å²) >= 11 is 6.11. The van der Waals surface area contributed by atoms with Crippen molar-refractivity contribution in [3.63, 3.8) is 0 Å². The molecule has 0 radical (unpaired) electrons. The molecule has 3 aromatic rings. The number of nitrogens with zero attached hydrogens (tertiary/aromatic N) is 3. The van der Waals surface area contributed by atoms with Gasteiger partial charge in [-0.05, 0) is 48.3 Å². The van der Waals surface area contributed by atoms with E-state index in [1.807, 2.05) is 6.07 Å². The first-order chi connectivity index (χ1) is 15.8. The van der Waals surface area contributed by atoms with E-state index in [0.29, 0.717) is 11.1 Å². The van der Waals surface area contributed by atoms with Gasteiger partial charge in [0.15, 0.2) is 14.1 Å². The van der Waals surface area contributed by atoms with Gasteiger partial charge in [-0.3, -0.25) is 9.48 Å². The molecule has 6 nitrogen and oxygen atoms in total. The summed E-state index contributed by atoms with van der Waals surface area (Å²) in [7, 11) is -0.247. The normalized spacial score (nSPS) is 11.7. The van der Waals surface area contributed by atoms with Crippen molar-refractivity contribution >= 4 is 42.3 Å². The van der Waals surface area contributed by atoms with E-state index in [4.69, 9.17) is 21.8 Å². The van der Waals surface area contributed by atoms with Gasteiger partial charge in [-0.15, -0.1) is 0 Å². The van der Waals surface area contributed by atoms with E-state index < -0.39 is 19.9 Å². The summed E-state index contributed by atoms with van der Waals surface area (Å²) in [5.74, 6) is 4.82. The lowest BCUT2D eigenvalue weighted by Crippen LogP contribution is -2.40. The Kier molecular flexibility index (Phi) is 6.91. The molecule has 2 N–H and O–H groups in total. The van der Waals surface area contributed by atoms with Crippen molar-refractivity contribution in [3.05, 3.63) is 57.5 Å². The number of hydrogen-bond acceptors (Lipinski definition) is 5. The number of nitriles is 1. The Morgan fingerprint density at radius 3 is 2.62 bits per heavy atom. The molecule has 0 aliphatic rings. The Labute approximate surface area is 204 Å². The Hall–Kier alpha value is -3.17. The monoisotopic (exact) mass is 496 g/mol. The Bertz CT molecular complexity index is 1400. The SMILES string of the molecule is Cn1nc2c(C#N)c(C(=O)c3cc(F)ccc3Cl)c(N)cc2c1C#CCO[Si](C)(C)C(C)(C)C. The van der Waals surface area contributed by atoms with Crippen LogP contribution in [0, 0.1) is 29.0 Å². The highest BCUT2D eigenvalue weighted by molar-refractivity contribution is 6.74. The van der Waals surface area contributed by atoms with Crippen molar-refractivity contribution in [2.45, 2.75) is 38.9 Å². The molecule has 0 unspecified atom stereocenters. The number of aromatic nitrogens is 2. The van der Waals surface area contributed by atoms with Crippen LogP contribution in [0.4, 0.5) is 10.1 Å². The molecule has 0 fully saturated rings. The second-order valence-electron chi connectivity index (χ2n) is 9.50. The number of benzene rings is 2. The maximum absolute atomic E-state index is 13.8. The first-order valence-corrected chi connectivity index (χ1v) is 13.9. The lowest BCUT2D eigenvalue weighted by Gasteiger charge is -2.35.